The largest absolute Gasteiger partial charge is 0.124 e. The molecule has 8 atom stereocenters. The van der Waals surface area contributed by atoms with Crippen LogP contribution in [0.1, 0.15) is 98.8 Å². The van der Waals surface area contributed by atoms with Crippen LogP contribution in [-0.2, 0) is 0 Å². The second kappa shape index (κ2) is 10.4. The Morgan fingerprint density at radius 3 is 2.34 bits per heavy atom. The molecule has 0 bridgehead atoms. The second-order valence-corrected chi connectivity index (χ2v) is 10.5. The van der Waals surface area contributed by atoms with Crippen molar-refractivity contribution < 1.29 is 0 Å². The first-order chi connectivity index (χ1) is 14.0. The molecule has 4 aliphatic carbocycles. The van der Waals surface area contributed by atoms with E-state index in [9.17, 15) is 0 Å². The van der Waals surface area contributed by atoms with E-state index in [-0.39, 0.29) is 0 Å². The molecular formula is C29H48. The van der Waals surface area contributed by atoms with Crippen LogP contribution in [0.5, 0.6) is 0 Å². The van der Waals surface area contributed by atoms with Gasteiger partial charge in [-0.15, -0.1) is 19.4 Å². The fourth-order valence-electron chi connectivity index (χ4n) is 8.37. The van der Waals surface area contributed by atoms with Gasteiger partial charge in [0.15, 0.2) is 0 Å². The van der Waals surface area contributed by atoms with Gasteiger partial charge in [-0.1, -0.05) is 52.3 Å². The van der Waals surface area contributed by atoms with E-state index in [0.29, 0.717) is 10.8 Å². The summed E-state index contributed by atoms with van der Waals surface area (Å²) >= 11 is 0. The van der Waals surface area contributed by atoms with Gasteiger partial charge in [-0.2, -0.15) is 0 Å². The summed E-state index contributed by atoms with van der Waals surface area (Å²) in [6, 6.07) is 0. The number of fused-ring (bicyclic) bond motifs is 5. The van der Waals surface area contributed by atoms with Crippen molar-refractivity contribution in [1.82, 2.24) is 0 Å². The third kappa shape index (κ3) is 4.13. The Morgan fingerprint density at radius 1 is 0.966 bits per heavy atom. The predicted octanol–water partition coefficient (Wildman–Crippen LogP) is 8.69. The van der Waals surface area contributed by atoms with Crippen LogP contribution in [0.15, 0.2) is 24.8 Å². The quantitative estimate of drug-likeness (QED) is 0.330. The second-order valence-electron chi connectivity index (χ2n) is 10.5. The monoisotopic (exact) mass is 396 g/mol. The Kier molecular flexibility index (Phi) is 8.70. The number of allylic oxidation sites excluding steroid dienone is 3. The zero-order valence-corrected chi connectivity index (χ0v) is 20.1. The molecule has 0 nitrogen and oxygen atoms in total. The van der Waals surface area contributed by atoms with E-state index in [2.05, 4.69) is 58.4 Å². The van der Waals surface area contributed by atoms with E-state index in [0.717, 1.165) is 35.5 Å². The lowest BCUT2D eigenvalue weighted by atomic mass is 9.44. The molecule has 4 aliphatic rings. The van der Waals surface area contributed by atoms with E-state index in [4.69, 9.17) is 0 Å². The molecule has 4 fully saturated rings. The fourth-order valence-corrected chi connectivity index (χ4v) is 8.37. The van der Waals surface area contributed by atoms with Gasteiger partial charge in [-0.05, 0) is 111 Å². The molecule has 0 aliphatic heterocycles. The van der Waals surface area contributed by atoms with Crippen LogP contribution in [0.2, 0.25) is 0 Å². The van der Waals surface area contributed by atoms with Crippen molar-refractivity contribution in [3.8, 4) is 12.8 Å². The first-order valence-corrected chi connectivity index (χ1v) is 12.6. The van der Waals surface area contributed by atoms with Crippen LogP contribution in [0.25, 0.3) is 0 Å². The third-order valence-electron chi connectivity index (χ3n) is 9.73. The van der Waals surface area contributed by atoms with Gasteiger partial charge < -0.3 is 0 Å². The molecule has 7 unspecified atom stereocenters. The number of terminal acetylenes is 1. The maximum Gasteiger partial charge on any atom is -0.00586 e. The van der Waals surface area contributed by atoms with Gasteiger partial charge in [0.1, 0.15) is 0 Å². The van der Waals surface area contributed by atoms with Crippen LogP contribution in [0.4, 0.5) is 0 Å². The molecule has 164 valence electrons. The van der Waals surface area contributed by atoms with Crippen LogP contribution >= 0.6 is 0 Å². The Hall–Kier alpha value is -0.960. The smallest absolute Gasteiger partial charge is 0.00586 e. The van der Waals surface area contributed by atoms with E-state index >= 15 is 0 Å². The van der Waals surface area contributed by atoms with Gasteiger partial charge in [0.05, 0.1) is 0 Å². The van der Waals surface area contributed by atoms with Crippen LogP contribution < -0.4 is 0 Å². The summed E-state index contributed by atoms with van der Waals surface area (Å²) in [7, 11) is 0. The molecule has 0 heteroatoms. The minimum absolute atomic E-state index is 0.464. The summed E-state index contributed by atoms with van der Waals surface area (Å²) in [4.78, 5) is 0. The van der Waals surface area contributed by atoms with Crippen molar-refractivity contribution in [2.24, 2.45) is 46.3 Å². The third-order valence-corrected chi connectivity index (χ3v) is 9.73. The summed E-state index contributed by atoms with van der Waals surface area (Å²) in [5, 5.41) is 0. The highest BCUT2D eigenvalue weighted by atomic mass is 14.6. The standard InChI is InChI=1S/C25H40.C2H6.C2H2/c1-5-7-8-19-10-12-23-21-11-9-20-17-18(3)13-15-24(20,4)22(21)14-16-25(19,23)6-2;2*1-2/h5-7,18-23H,2,8-17H2,1,3-4H3;1-2H3;1-2H/b7-5-;;/t18-,19?,20?,21?,22?,23?,24?,25?;;/m1../s1. The minimum atomic E-state index is 0.464. The van der Waals surface area contributed by atoms with Crippen molar-refractivity contribution in [3.05, 3.63) is 24.8 Å². The highest BCUT2D eigenvalue weighted by molar-refractivity contribution is 5.16. The van der Waals surface area contributed by atoms with Gasteiger partial charge in [0.25, 0.3) is 0 Å². The lowest BCUT2D eigenvalue weighted by Gasteiger charge is -2.61. The molecule has 0 saturated heterocycles. The molecular weight excluding hydrogens is 348 g/mol. The molecule has 0 heterocycles. The summed E-state index contributed by atoms with van der Waals surface area (Å²) < 4.78 is 0. The SMILES string of the molecule is C#C.C=CC12CCC3C(CCC4C[C@H](C)CCC43C)C1CCC2C/C=C\C.CC. The molecule has 0 amide bonds. The molecule has 4 rings (SSSR count). The maximum absolute atomic E-state index is 4.40. The highest BCUT2D eigenvalue weighted by Crippen LogP contribution is 2.68. The summed E-state index contributed by atoms with van der Waals surface area (Å²) in [6.07, 6.45) is 29.8. The Balaban J connectivity index is 0.000000707. The highest BCUT2D eigenvalue weighted by Gasteiger charge is 2.60. The topological polar surface area (TPSA) is 0 Å². The van der Waals surface area contributed by atoms with Gasteiger partial charge in [-0.25, -0.2) is 0 Å². The van der Waals surface area contributed by atoms with Crippen LogP contribution in [0, 0.1) is 59.2 Å². The molecule has 0 spiro atoms. The van der Waals surface area contributed by atoms with Crippen molar-refractivity contribution >= 4 is 0 Å². The first kappa shape index (κ1) is 24.3. The summed E-state index contributed by atoms with van der Waals surface area (Å²) in [5.41, 5.74) is 1.12. The molecule has 0 radical (unpaired) electrons. The lowest BCUT2D eigenvalue weighted by Crippen LogP contribution is -2.53. The maximum atomic E-state index is 4.40. The number of hydrogen-bond donors (Lipinski definition) is 0. The Bertz CT molecular complexity index is 568. The summed E-state index contributed by atoms with van der Waals surface area (Å²) in [5.74, 6) is 5.81. The molecule has 0 aromatic heterocycles. The lowest BCUT2D eigenvalue weighted by molar-refractivity contribution is -0.109. The van der Waals surface area contributed by atoms with Gasteiger partial charge in [0, 0.05) is 0 Å². The van der Waals surface area contributed by atoms with Crippen molar-refractivity contribution in [2.75, 3.05) is 0 Å². The molecule has 0 aromatic rings. The van der Waals surface area contributed by atoms with Gasteiger partial charge in [-0.3, -0.25) is 0 Å². The van der Waals surface area contributed by atoms with Crippen molar-refractivity contribution in [2.45, 2.75) is 98.8 Å². The predicted molar refractivity (Wildman–Crippen MR) is 130 cm³/mol. The van der Waals surface area contributed by atoms with E-state index in [1.165, 1.54) is 64.2 Å². The number of hydrogen-bond acceptors (Lipinski definition) is 0. The van der Waals surface area contributed by atoms with E-state index < -0.39 is 0 Å². The molecule has 29 heavy (non-hydrogen) atoms. The van der Waals surface area contributed by atoms with Gasteiger partial charge in [0.2, 0.25) is 0 Å². The van der Waals surface area contributed by atoms with Gasteiger partial charge >= 0.3 is 0 Å². The Labute approximate surface area is 183 Å². The minimum Gasteiger partial charge on any atom is -0.124 e. The Morgan fingerprint density at radius 2 is 1.69 bits per heavy atom. The van der Waals surface area contributed by atoms with E-state index in [1.54, 1.807) is 0 Å². The average molecular weight is 397 g/mol. The van der Waals surface area contributed by atoms with Crippen LogP contribution in [0.3, 0.4) is 0 Å². The fraction of sp³-hybridized carbons (Fsp3) is 0.793. The zero-order chi connectivity index (χ0) is 21.7. The van der Waals surface area contributed by atoms with Crippen LogP contribution in [-0.4, -0.2) is 0 Å². The number of rotatable bonds is 3. The zero-order valence-electron chi connectivity index (χ0n) is 20.1. The van der Waals surface area contributed by atoms with Crippen molar-refractivity contribution in [1.29, 1.82) is 0 Å². The van der Waals surface area contributed by atoms with Crippen molar-refractivity contribution in [3.63, 3.8) is 0 Å². The molecule has 4 saturated carbocycles. The first-order valence-electron chi connectivity index (χ1n) is 12.6. The molecule has 0 N–H and O–H groups in total. The average Bonchev–Trinajstić information content (AvgIpc) is 3.14. The molecule has 0 aromatic carbocycles. The normalized spacial score (nSPS) is 45.5. The van der Waals surface area contributed by atoms with E-state index in [1.807, 2.05) is 13.8 Å². The summed E-state index contributed by atoms with van der Waals surface area (Å²) in [6.45, 7) is 15.8.